The van der Waals surface area contributed by atoms with E-state index >= 15 is 0 Å². The fourth-order valence-corrected chi connectivity index (χ4v) is 3.20. The van der Waals surface area contributed by atoms with Crippen LogP contribution < -0.4 is 5.73 Å². The van der Waals surface area contributed by atoms with Gasteiger partial charge in [-0.05, 0) is 49.1 Å². The Morgan fingerprint density at radius 3 is 2.16 bits per heavy atom. The van der Waals surface area contributed by atoms with Crippen molar-refractivity contribution in [1.82, 2.24) is 0 Å². The average Bonchev–Trinajstić information content (AvgIpc) is 2.61. The van der Waals surface area contributed by atoms with Gasteiger partial charge in [0, 0.05) is 19.3 Å². The van der Waals surface area contributed by atoms with Crippen molar-refractivity contribution >= 4 is 12.4 Å². The maximum Gasteiger partial charge on any atom is 0.0459 e. The predicted molar refractivity (Wildman–Crippen MR) is 109 cm³/mol. The molecule has 0 heterocycles. The molecular formula is C21H38ClNO2. The van der Waals surface area contributed by atoms with Gasteiger partial charge in [-0.25, -0.2) is 0 Å². The van der Waals surface area contributed by atoms with Crippen LogP contribution in [0.1, 0.15) is 81.9 Å². The van der Waals surface area contributed by atoms with Gasteiger partial charge in [-0.2, -0.15) is 0 Å². The van der Waals surface area contributed by atoms with Crippen LogP contribution >= 0.6 is 12.4 Å². The third kappa shape index (κ3) is 10.9. The summed E-state index contributed by atoms with van der Waals surface area (Å²) in [4.78, 5) is 0. The van der Waals surface area contributed by atoms with Crippen molar-refractivity contribution in [3.05, 3.63) is 35.4 Å². The van der Waals surface area contributed by atoms with Crippen molar-refractivity contribution in [2.45, 2.75) is 77.2 Å². The van der Waals surface area contributed by atoms with E-state index in [1.807, 2.05) is 0 Å². The first-order valence-electron chi connectivity index (χ1n) is 9.77. The Balaban J connectivity index is 0.00000576. The van der Waals surface area contributed by atoms with Gasteiger partial charge in [-0.3, -0.25) is 0 Å². The van der Waals surface area contributed by atoms with Crippen LogP contribution in [-0.2, 0) is 6.42 Å². The van der Waals surface area contributed by atoms with Crippen LogP contribution in [0.3, 0.4) is 0 Å². The molecule has 25 heavy (non-hydrogen) atoms. The van der Waals surface area contributed by atoms with Crippen LogP contribution in [0.2, 0.25) is 0 Å². The summed E-state index contributed by atoms with van der Waals surface area (Å²) in [5, 5.41) is 18.3. The average molecular weight is 372 g/mol. The van der Waals surface area contributed by atoms with E-state index in [1.54, 1.807) is 0 Å². The number of rotatable bonds is 14. The number of hydrogen-bond donors (Lipinski definition) is 3. The normalized spacial score (nSPS) is 13.3. The SMILES string of the molecule is CCCCCCCCc1ccc(C(N)CC(CO)CCCO)cc1.Cl. The van der Waals surface area contributed by atoms with Crippen molar-refractivity contribution in [3.63, 3.8) is 0 Å². The fourth-order valence-electron chi connectivity index (χ4n) is 3.20. The van der Waals surface area contributed by atoms with Crippen LogP contribution in [0.15, 0.2) is 24.3 Å². The lowest BCUT2D eigenvalue weighted by Gasteiger charge is -2.19. The van der Waals surface area contributed by atoms with Gasteiger partial charge in [0.25, 0.3) is 0 Å². The minimum absolute atomic E-state index is 0. The number of aliphatic hydroxyl groups excluding tert-OH is 2. The molecule has 3 nitrogen and oxygen atoms in total. The molecule has 0 saturated heterocycles. The van der Waals surface area contributed by atoms with E-state index in [9.17, 15) is 5.11 Å². The molecule has 0 saturated carbocycles. The van der Waals surface area contributed by atoms with Crippen LogP contribution in [0.25, 0.3) is 0 Å². The molecule has 0 spiro atoms. The third-order valence-corrected chi connectivity index (χ3v) is 4.84. The van der Waals surface area contributed by atoms with Gasteiger partial charge in [0.05, 0.1) is 0 Å². The zero-order valence-electron chi connectivity index (χ0n) is 15.8. The van der Waals surface area contributed by atoms with E-state index < -0.39 is 0 Å². The number of benzene rings is 1. The number of nitrogens with two attached hydrogens (primary N) is 1. The lowest BCUT2D eigenvalue weighted by Crippen LogP contribution is -2.18. The molecule has 0 amide bonds. The van der Waals surface area contributed by atoms with Crippen LogP contribution in [0, 0.1) is 5.92 Å². The standard InChI is InChI=1S/C21H37NO2.ClH/c1-2-3-4-5-6-7-9-18-11-13-20(14-12-18)21(22)16-19(17-24)10-8-15-23;/h11-14,19,21,23-24H,2-10,15-17,22H2,1H3;1H. The molecule has 146 valence electrons. The van der Waals surface area contributed by atoms with Crippen LogP contribution in [-0.4, -0.2) is 23.4 Å². The first-order chi connectivity index (χ1) is 11.7. The summed E-state index contributed by atoms with van der Waals surface area (Å²) in [7, 11) is 0. The van der Waals surface area contributed by atoms with Gasteiger partial charge < -0.3 is 15.9 Å². The van der Waals surface area contributed by atoms with Gasteiger partial charge in [-0.15, -0.1) is 12.4 Å². The Labute approximate surface area is 160 Å². The van der Waals surface area contributed by atoms with Gasteiger partial charge in [-0.1, -0.05) is 63.3 Å². The third-order valence-electron chi connectivity index (χ3n) is 4.84. The second-order valence-corrected chi connectivity index (χ2v) is 7.02. The summed E-state index contributed by atoms with van der Waals surface area (Å²) in [5.41, 5.74) is 8.82. The number of aliphatic hydroxyl groups is 2. The molecule has 0 bridgehead atoms. The summed E-state index contributed by atoms with van der Waals surface area (Å²) in [6, 6.07) is 8.63. The molecule has 0 aromatic heterocycles. The number of halogens is 1. The smallest absolute Gasteiger partial charge is 0.0459 e. The summed E-state index contributed by atoms with van der Waals surface area (Å²) in [6.45, 7) is 2.57. The zero-order valence-corrected chi connectivity index (χ0v) is 16.6. The Morgan fingerprint density at radius 2 is 1.56 bits per heavy atom. The Hall–Kier alpha value is -0.610. The highest BCUT2D eigenvalue weighted by Gasteiger charge is 2.14. The Kier molecular flexibility index (Phi) is 15.2. The van der Waals surface area contributed by atoms with Crippen LogP contribution in [0.5, 0.6) is 0 Å². The topological polar surface area (TPSA) is 66.5 Å². The van der Waals surface area contributed by atoms with Crippen molar-refractivity contribution in [3.8, 4) is 0 Å². The molecule has 2 unspecified atom stereocenters. The second-order valence-electron chi connectivity index (χ2n) is 7.02. The van der Waals surface area contributed by atoms with Gasteiger partial charge >= 0.3 is 0 Å². The van der Waals surface area contributed by atoms with Gasteiger partial charge in [0.15, 0.2) is 0 Å². The van der Waals surface area contributed by atoms with E-state index in [-0.39, 0.29) is 37.6 Å². The molecular weight excluding hydrogens is 334 g/mol. The summed E-state index contributed by atoms with van der Waals surface area (Å²) in [5.74, 6) is 0.176. The molecule has 2 atom stereocenters. The van der Waals surface area contributed by atoms with E-state index in [0.717, 1.165) is 31.2 Å². The second kappa shape index (κ2) is 15.6. The molecule has 0 radical (unpaired) electrons. The lowest BCUT2D eigenvalue weighted by molar-refractivity contribution is 0.188. The molecule has 4 N–H and O–H groups in total. The first kappa shape index (κ1) is 24.4. The molecule has 1 rings (SSSR count). The highest BCUT2D eigenvalue weighted by molar-refractivity contribution is 5.85. The van der Waals surface area contributed by atoms with Gasteiger partial charge in [0.2, 0.25) is 0 Å². The highest BCUT2D eigenvalue weighted by atomic mass is 35.5. The van der Waals surface area contributed by atoms with Crippen molar-refractivity contribution < 1.29 is 10.2 Å². The van der Waals surface area contributed by atoms with E-state index in [1.165, 1.54) is 44.1 Å². The predicted octanol–water partition coefficient (Wildman–Crippen LogP) is 4.78. The van der Waals surface area contributed by atoms with Crippen molar-refractivity contribution in [1.29, 1.82) is 0 Å². The number of aryl methyl sites for hydroxylation is 1. The summed E-state index contributed by atoms with van der Waals surface area (Å²) < 4.78 is 0. The quantitative estimate of drug-likeness (QED) is 0.412. The number of hydrogen-bond acceptors (Lipinski definition) is 3. The van der Waals surface area contributed by atoms with Crippen molar-refractivity contribution in [2.75, 3.05) is 13.2 Å². The maximum absolute atomic E-state index is 9.43. The van der Waals surface area contributed by atoms with Gasteiger partial charge in [0.1, 0.15) is 0 Å². The zero-order chi connectivity index (χ0) is 17.6. The van der Waals surface area contributed by atoms with E-state index in [4.69, 9.17) is 10.8 Å². The summed E-state index contributed by atoms with van der Waals surface area (Å²) >= 11 is 0. The van der Waals surface area contributed by atoms with E-state index in [2.05, 4.69) is 31.2 Å². The molecule has 0 fully saturated rings. The maximum atomic E-state index is 9.43. The fraction of sp³-hybridized carbons (Fsp3) is 0.714. The van der Waals surface area contributed by atoms with Crippen LogP contribution in [0.4, 0.5) is 0 Å². The molecule has 1 aromatic carbocycles. The monoisotopic (exact) mass is 371 g/mol. The largest absolute Gasteiger partial charge is 0.396 e. The Morgan fingerprint density at radius 1 is 0.920 bits per heavy atom. The molecule has 4 heteroatoms. The Bertz CT molecular complexity index is 411. The minimum atomic E-state index is -0.0380. The summed E-state index contributed by atoms with van der Waals surface area (Å²) in [6.07, 6.45) is 11.5. The minimum Gasteiger partial charge on any atom is -0.396 e. The molecule has 1 aromatic rings. The first-order valence-corrected chi connectivity index (χ1v) is 9.77. The highest BCUT2D eigenvalue weighted by Crippen LogP contribution is 2.22. The van der Waals surface area contributed by atoms with Crippen molar-refractivity contribution in [2.24, 2.45) is 11.7 Å². The number of unbranched alkanes of at least 4 members (excludes halogenated alkanes) is 5. The lowest BCUT2D eigenvalue weighted by atomic mass is 9.92. The molecule has 0 aliphatic rings. The molecule has 0 aliphatic heterocycles. The molecule has 0 aliphatic carbocycles. The van der Waals surface area contributed by atoms with E-state index in [0.29, 0.717) is 0 Å².